The van der Waals surface area contributed by atoms with E-state index in [1.165, 1.54) is 0 Å². The summed E-state index contributed by atoms with van der Waals surface area (Å²) in [4.78, 5) is 29.8. The van der Waals surface area contributed by atoms with E-state index in [-0.39, 0.29) is 48.6 Å². The summed E-state index contributed by atoms with van der Waals surface area (Å²) in [6, 6.07) is 7.58. The molecule has 2 aliphatic heterocycles. The van der Waals surface area contributed by atoms with Crippen molar-refractivity contribution in [1.29, 1.82) is 0 Å². The zero-order chi connectivity index (χ0) is 19.4. The van der Waals surface area contributed by atoms with Crippen LogP contribution in [0.2, 0.25) is 0 Å². The van der Waals surface area contributed by atoms with Gasteiger partial charge >= 0.3 is 0 Å². The third-order valence-corrected chi connectivity index (χ3v) is 5.73. The summed E-state index contributed by atoms with van der Waals surface area (Å²) in [5.74, 6) is 0.573. The maximum atomic E-state index is 13.3. The molecule has 0 radical (unpaired) electrons. The summed E-state index contributed by atoms with van der Waals surface area (Å²) >= 11 is 0. The molecule has 0 aromatic heterocycles. The van der Waals surface area contributed by atoms with E-state index in [1.54, 1.807) is 7.11 Å². The van der Waals surface area contributed by atoms with Crippen LogP contribution in [0.3, 0.4) is 0 Å². The molecule has 156 valence electrons. The molecule has 2 heterocycles. The second kappa shape index (κ2) is 10.1. The van der Waals surface area contributed by atoms with E-state index in [0.717, 1.165) is 43.5 Å². The Morgan fingerprint density at radius 1 is 1.29 bits per heavy atom. The molecule has 6 nitrogen and oxygen atoms in total. The molecule has 0 spiro atoms. The van der Waals surface area contributed by atoms with E-state index in [9.17, 15) is 9.59 Å². The molecule has 2 amide bonds. The Balaban J connectivity index is 0.00000280. The van der Waals surface area contributed by atoms with Crippen LogP contribution in [0.4, 0.5) is 0 Å². The number of hydrogen-bond acceptors (Lipinski definition) is 4. The van der Waals surface area contributed by atoms with Crippen LogP contribution in [0.5, 0.6) is 5.75 Å². The van der Waals surface area contributed by atoms with Crippen LogP contribution in [-0.2, 0) is 9.59 Å². The largest absolute Gasteiger partial charge is 0.497 e. The van der Waals surface area contributed by atoms with Gasteiger partial charge in [-0.1, -0.05) is 25.5 Å². The smallest absolute Gasteiger partial charge is 0.228 e. The van der Waals surface area contributed by atoms with Gasteiger partial charge in [-0.15, -0.1) is 12.4 Å². The van der Waals surface area contributed by atoms with Crippen molar-refractivity contribution < 1.29 is 14.3 Å². The number of nitrogens with two attached hydrogens (primary N) is 1. The maximum Gasteiger partial charge on any atom is 0.228 e. The molecule has 2 fully saturated rings. The van der Waals surface area contributed by atoms with E-state index in [0.29, 0.717) is 13.1 Å². The Morgan fingerprint density at radius 2 is 2.00 bits per heavy atom. The summed E-state index contributed by atoms with van der Waals surface area (Å²) in [6.07, 6.45) is 4.12. The van der Waals surface area contributed by atoms with Gasteiger partial charge in [0.15, 0.2) is 0 Å². The molecular formula is C21H32ClN3O3. The summed E-state index contributed by atoms with van der Waals surface area (Å²) in [7, 11) is 1.63. The number of amides is 2. The van der Waals surface area contributed by atoms with Crippen molar-refractivity contribution in [2.24, 2.45) is 11.7 Å². The van der Waals surface area contributed by atoms with Gasteiger partial charge in [-0.3, -0.25) is 9.59 Å². The number of methoxy groups -OCH3 is 1. The lowest BCUT2D eigenvalue weighted by Gasteiger charge is -2.35. The minimum absolute atomic E-state index is 0. The van der Waals surface area contributed by atoms with Crippen LogP contribution in [0.15, 0.2) is 24.3 Å². The molecule has 0 aliphatic carbocycles. The Hall–Kier alpha value is -1.79. The molecule has 3 unspecified atom stereocenters. The van der Waals surface area contributed by atoms with E-state index in [4.69, 9.17) is 10.5 Å². The van der Waals surface area contributed by atoms with Gasteiger partial charge in [0.1, 0.15) is 5.75 Å². The SMILES string of the molecule is CCCCN1C(=O)CC(C(=O)N2CCCC(N)C2)C1c1ccc(OC)cc1.Cl. The lowest BCUT2D eigenvalue weighted by atomic mass is 9.91. The average Bonchev–Trinajstić information content (AvgIpc) is 3.02. The highest BCUT2D eigenvalue weighted by atomic mass is 35.5. The molecule has 0 saturated carbocycles. The first kappa shape index (κ1) is 22.5. The van der Waals surface area contributed by atoms with Gasteiger partial charge in [0, 0.05) is 32.1 Å². The molecule has 1 aromatic rings. The van der Waals surface area contributed by atoms with E-state index >= 15 is 0 Å². The molecule has 28 heavy (non-hydrogen) atoms. The second-order valence-electron chi connectivity index (χ2n) is 7.66. The highest BCUT2D eigenvalue weighted by Gasteiger charge is 2.45. The Morgan fingerprint density at radius 3 is 2.61 bits per heavy atom. The third kappa shape index (κ3) is 4.78. The predicted molar refractivity (Wildman–Crippen MR) is 112 cm³/mol. The fourth-order valence-corrected chi connectivity index (χ4v) is 4.26. The van der Waals surface area contributed by atoms with Crippen molar-refractivity contribution in [3.8, 4) is 5.75 Å². The highest BCUT2D eigenvalue weighted by molar-refractivity contribution is 5.90. The number of unbranched alkanes of at least 4 members (excludes halogenated alkanes) is 1. The Bertz CT molecular complexity index is 667. The van der Waals surface area contributed by atoms with E-state index in [2.05, 4.69) is 6.92 Å². The van der Waals surface area contributed by atoms with Crippen molar-refractivity contribution in [3.63, 3.8) is 0 Å². The van der Waals surface area contributed by atoms with E-state index in [1.807, 2.05) is 34.1 Å². The number of ether oxygens (including phenoxy) is 1. The molecule has 7 heteroatoms. The van der Waals surface area contributed by atoms with Gasteiger partial charge in [-0.25, -0.2) is 0 Å². The standard InChI is InChI=1S/C21H31N3O3.ClH/c1-3-4-12-24-19(25)13-18(21(26)23-11-5-6-16(22)14-23)20(24)15-7-9-17(27-2)10-8-15;/h7-10,16,18,20H,3-6,11-14,22H2,1-2H3;1H. The molecule has 2 aliphatic rings. The van der Waals surface area contributed by atoms with Gasteiger partial charge in [0.2, 0.25) is 11.8 Å². The lowest BCUT2D eigenvalue weighted by Crippen LogP contribution is -2.48. The molecular weight excluding hydrogens is 378 g/mol. The maximum absolute atomic E-state index is 13.3. The molecule has 3 rings (SSSR count). The number of carbonyl (C=O) groups is 2. The number of hydrogen-bond donors (Lipinski definition) is 1. The summed E-state index contributed by atoms with van der Waals surface area (Å²) < 4.78 is 5.26. The number of nitrogens with zero attached hydrogens (tertiary/aromatic N) is 2. The third-order valence-electron chi connectivity index (χ3n) is 5.73. The van der Waals surface area contributed by atoms with Crippen molar-refractivity contribution in [2.45, 2.75) is 51.1 Å². The first-order chi connectivity index (χ1) is 13.0. The van der Waals surface area contributed by atoms with Crippen molar-refractivity contribution in [3.05, 3.63) is 29.8 Å². The normalized spacial score (nSPS) is 24.8. The lowest BCUT2D eigenvalue weighted by molar-refractivity contribution is -0.137. The number of carbonyl (C=O) groups excluding carboxylic acids is 2. The van der Waals surface area contributed by atoms with E-state index < -0.39 is 0 Å². The zero-order valence-corrected chi connectivity index (χ0v) is 17.6. The topological polar surface area (TPSA) is 75.9 Å². The molecule has 3 atom stereocenters. The molecule has 2 saturated heterocycles. The highest BCUT2D eigenvalue weighted by Crippen LogP contribution is 2.40. The van der Waals surface area contributed by atoms with Crippen LogP contribution < -0.4 is 10.5 Å². The number of piperidine rings is 1. The van der Waals surface area contributed by atoms with Crippen LogP contribution in [0, 0.1) is 5.92 Å². The van der Waals surface area contributed by atoms with Gasteiger partial charge in [-0.05, 0) is 37.0 Å². The van der Waals surface area contributed by atoms with Crippen LogP contribution in [0.1, 0.15) is 50.6 Å². The number of benzene rings is 1. The summed E-state index contributed by atoms with van der Waals surface area (Å²) in [5, 5.41) is 0. The minimum Gasteiger partial charge on any atom is -0.497 e. The Kier molecular flexibility index (Phi) is 8.13. The summed E-state index contributed by atoms with van der Waals surface area (Å²) in [6.45, 7) is 4.13. The fraction of sp³-hybridized carbons (Fsp3) is 0.619. The Labute approximate surface area is 173 Å². The minimum atomic E-state index is -0.340. The first-order valence-electron chi connectivity index (χ1n) is 10.0. The monoisotopic (exact) mass is 409 g/mol. The number of likely N-dealkylation sites (tertiary alicyclic amines) is 2. The molecule has 1 aromatic carbocycles. The van der Waals surface area contributed by atoms with Crippen molar-refractivity contribution in [2.75, 3.05) is 26.7 Å². The van der Waals surface area contributed by atoms with Gasteiger partial charge in [-0.2, -0.15) is 0 Å². The van der Waals surface area contributed by atoms with Gasteiger partial charge < -0.3 is 20.3 Å². The van der Waals surface area contributed by atoms with Crippen LogP contribution >= 0.6 is 12.4 Å². The zero-order valence-electron chi connectivity index (χ0n) is 16.8. The number of rotatable bonds is 6. The molecule has 2 N–H and O–H groups in total. The van der Waals surface area contributed by atoms with Gasteiger partial charge in [0.05, 0.1) is 19.1 Å². The quantitative estimate of drug-likeness (QED) is 0.783. The fourth-order valence-electron chi connectivity index (χ4n) is 4.26. The van der Waals surface area contributed by atoms with Crippen LogP contribution in [0.25, 0.3) is 0 Å². The first-order valence-corrected chi connectivity index (χ1v) is 10.0. The van der Waals surface area contributed by atoms with Crippen molar-refractivity contribution >= 4 is 24.2 Å². The number of halogens is 1. The van der Waals surface area contributed by atoms with Crippen LogP contribution in [-0.4, -0.2) is 54.4 Å². The second-order valence-corrected chi connectivity index (χ2v) is 7.66. The average molecular weight is 410 g/mol. The van der Waals surface area contributed by atoms with Crippen molar-refractivity contribution in [1.82, 2.24) is 9.80 Å². The molecule has 0 bridgehead atoms. The predicted octanol–water partition coefficient (Wildman–Crippen LogP) is 2.76. The van der Waals surface area contributed by atoms with Gasteiger partial charge in [0.25, 0.3) is 0 Å². The summed E-state index contributed by atoms with van der Waals surface area (Å²) in [5.41, 5.74) is 7.07.